The van der Waals surface area contributed by atoms with Crippen LogP contribution in [0.15, 0.2) is 370 Å². The number of hydrogen-bond acceptors (Lipinski definition) is 1. The summed E-state index contributed by atoms with van der Waals surface area (Å²) in [6.07, 6.45) is 13.3. The van der Waals surface area contributed by atoms with Crippen molar-refractivity contribution in [3.05, 3.63) is 381 Å². The summed E-state index contributed by atoms with van der Waals surface area (Å²) in [6.45, 7) is 117. The Labute approximate surface area is 923 Å². The van der Waals surface area contributed by atoms with E-state index in [1.165, 1.54) is 101 Å². The third-order valence-corrected chi connectivity index (χ3v) is 17.3. The first kappa shape index (κ1) is 185. The normalized spacial score (nSPS) is 8.00. The van der Waals surface area contributed by atoms with Gasteiger partial charge in [0.15, 0.2) is 0 Å². The summed E-state index contributed by atoms with van der Waals surface area (Å²) in [5, 5.41) is 6.44. The number of pyridine rings is 1. The first-order valence-corrected chi connectivity index (χ1v) is 58.8. The van der Waals surface area contributed by atoms with Crippen LogP contribution < -0.4 is 0 Å². The van der Waals surface area contributed by atoms with Crippen molar-refractivity contribution in [2.75, 3.05) is 0 Å². The van der Waals surface area contributed by atoms with Crippen LogP contribution in [0.25, 0.3) is 43.6 Å². The number of fused-ring (bicyclic) bond motifs is 3. The lowest BCUT2D eigenvalue weighted by molar-refractivity contribution is 0.626. The highest BCUT2D eigenvalue weighted by Crippen LogP contribution is 2.23. The maximum Gasteiger partial charge on any atom is 0.0701 e. The zero-order chi connectivity index (χ0) is 117. The van der Waals surface area contributed by atoms with Crippen LogP contribution in [0, 0.1) is 47.3 Å². The molecule has 0 saturated heterocycles. The molecule has 844 valence electrons. The molecule has 13 rings (SSSR count). The zero-order valence-electron chi connectivity index (χ0n) is 108. The van der Waals surface area contributed by atoms with E-state index in [0.29, 0.717) is 0 Å². The quantitative estimate of drug-likeness (QED) is 0.118. The van der Waals surface area contributed by atoms with Gasteiger partial charge < -0.3 is 0 Å². The van der Waals surface area contributed by atoms with Crippen molar-refractivity contribution >= 4 is 32.4 Å². The van der Waals surface area contributed by atoms with Gasteiger partial charge >= 0.3 is 0 Å². The number of rotatable bonds is 11. The van der Waals surface area contributed by atoms with E-state index in [-0.39, 0.29) is 7.43 Å². The molecule has 0 spiro atoms. The third-order valence-electron chi connectivity index (χ3n) is 17.3. The van der Waals surface area contributed by atoms with Crippen LogP contribution in [0.5, 0.6) is 0 Å². The molecule has 0 unspecified atom stereocenters. The van der Waals surface area contributed by atoms with E-state index in [9.17, 15) is 0 Å². The minimum Gasteiger partial charge on any atom is -0.256 e. The molecule has 0 fully saturated rings. The molecular weight excluding hydrogens is 1760 g/mol. The number of para-hydroxylation sites is 1. The van der Waals surface area contributed by atoms with E-state index in [1.807, 2.05) is 410 Å². The molecular formula is C145H259N. The maximum absolute atomic E-state index is 4.18. The monoisotopic (exact) mass is 2020 g/mol. The lowest BCUT2D eigenvalue weighted by Gasteiger charge is -2.00. The third kappa shape index (κ3) is 171. The number of hydrogen-bond donors (Lipinski definition) is 0. The van der Waals surface area contributed by atoms with Crippen LogP contribution in [0.2, 0.25) is 0 Å². The SMILES string of the molecule is C.CC.CC.CC.CC.CC.CC.CC.CC.CC.CC.CC.CC.CC.CC.CC.CC.CCC(C)C.CCC(C)C.CCC(C)C.CCC(C)C.CCC(C)C.CCC(C)C.CCC(C)C.CCC(C)C.c1ccc(-c2ccccc2)cc1.c1ccc(Cc2ccccc2)cc1.c1ccc2cc3ccccc3cc2c1.c1ccc2ncccc2c1.c1ccccc1.c1ccccc1.c1ccccc1.c1ccccc1. The van der Waals surface area contributed by atoms with E-state index in [0.717, 1.165) is 59.3 Å². The Kier molecular flexibility index (Phi) is 233. The largest absolute Gasteiger partial charge is 0.256 e. The van der Waals surface area contributed by atoms with Crippen molar-refractivity contribution < 1.29 is 0 Å². The van der Waals surface area contributed by atoms with Gasteiger partial charge in [0.25, 0.3) is 0 Å². The van der Waals surface area contributed by atoms with Crippen LogP contribution in [0.3, 0.4) is 0 Å². The highest BCUT2D eigenvalue weighted by Gasteiger charge is 1.97. The van der Waals surface area contributed by atoms with Gasteiger partial charge in [0, 0.05) is 11.6 Å². The number of aromatic nitrogens is 1. The maximum atomic E-state index is 4.18. The Morgan fingerprint density at radius 1 is 0.151 bits per heavy atom. The second-order valence-electron chi connectivity index (χ2n) is 30.7. The summed E-state index contributed by atoms with van der Waals surface area (Å²) in [5.74, 6) is 7.07. The van der Waals surface area contributed by atoms with Gasteiger partial charge in [-0.25, -0.2) is 0 Å². The molecule has 0 bridgehead atoms. The molecule has 0 aliphatic carbocycles. The van der Waals surface area contributed by atoms with Crippen LogP contribution in [0.1, 0.15) is 458 Å². The minimum absolute atomic E-state index is 0. The number of nitrogens with zero attached hydrogens (tertiary/aromatic N) is 1. The van der Waals surface area contributed by atoms with Crippen LogP contribution in [-0.2, 0) is 6.42 Å². The Morgan fingerprint density at radius 3 is 0.411 bits per heavy atom. The molecule has 13 aromatic rings. The minimum atomic E-state index is 0. The average molecular weight is 2020 g/mol. The first-order chi connectivity index (χ1) is 70.5. The fourth-order valence-electron chi connectivity index (χ4n) is 7.13. The lowest BCUT2D eigenvalue weighted by Crippen LogP contribution is -1.85. The summed E-state index contributed by atoms with van der Waals surface area (Å²) >= 11 is 0. The van der Waals surface area contributed by atoms with Gasteiger partial charge in [-0.3, -0.25) is 4.98 Å². The van der Waals surface area contributed by atoms with Crippen molar-refractivity contribution in [1.29, 1.82) is 0 Å². The molecule has 1 aromatic heterocycles. The van der Waals surface area contributed by atoms with E-state index in [1.54, 1.807) is 0 Å². The van der Waals surface area contributed by atoms with Crippen molar-refractivity contribution in [3.63, 3.8) is 0 Å². The Bertz CT molecular complexity index is 3330. The van der Waals surface area contributed by atoms with Crippen molar-refractivity contribution in [3.8, 4) is 11.1 Å². The molecule has 0 aliphatic rings. The second-order valence-corrected chi connectivity index (χ2v) is 30.7. The van der Waals surface area contributed by atoms with Crippen LogP contribution >= 0.6 is 0 Å². The van der Waals surface area contributed by atoms with Gasteiger partial charge in [-0.05, 0) is 122 Å². The van der Waals surface area contributed by atoms with Gasteiger partial charge in [-0.1, -0.05) is 786 Å². The lowest BCUT2D eigenvalue weighted by atomic mass is 10.0. The molecule has 0 aliphatic heterocycles. The van der Waals surface area contributed by atoms with Crippen molar-refractivity contribution in [2.24, 2.45) is 47.3 Å². The molecule has 1 nitrogen and oxygen atoms in total. The summed E-state index contributed by atoms with van der Waals surface area (Å²) in [4.78, 5) is 4.18. The van der Waals surface area contributed by atoms with Gasteiger partial charge in [0.1, 0.15) is 0 Å². The van der Waals surface area contributed by atoms with E-state index in [4.69, 9.17) is 0 Å². The zero-order valence-corrected chi connectivity index (χ0v) is 108. The molecule has 12 aromatic carbocycles. The van der Waals surface area contributed by atoms with Gasteiger partial charge in [0.05, 0.1) is 5.52 Å². The summed E-state index contributed by atoms with van der Waals surface area (Å²) in [6, 6.07) is 123. The average Bonchev–Trinajstić information content (AvgIpc) is 0.808. The topological polar surface area (TPSA) is 12.9 Å². The molecule has 0 amide bonds. The smallest absolute Gasteiger partial charge is 0.0701 e. The van der Waals surface area contributed by atoms with Gasteiger partial charge in [0.2, 0.25) is 0 Å². The Hall–Kier alpha value is -9.43. The van der Waals surface area contributed by atoms with Crippen molar-refractivity contribution in [1.82, 2.24) is 4.98 Å². The van der Waals surface area contributed by atoms with E-state index < -0.39 is 0 Å². The fraction of sp³-hybridized carbons (Fsp3) is 0.510. The summed E-state index contributed by atoms with van der Waals surface area (Å²) in [7, 11) is 0. The molecule has 0 N–H and O–H groups in total. The Morgan fingerprint density at radius 2 is 0.267 bits per heavy atom. The Balaban J connectivity index is -0.0000000640. The predicted octanol–water partition coefficient (Wildman–Crippen LogP) is 53.1. The van der Waals surface area contributed by atoms with E-state index >= 15 is 0 Å². The van der Waals surface area contributed by atoms with Crippen LogP contribution in [-0.4, -0.2) is 4.98 Å². The highest BCUT2D eigenvalue weighted by atomic mass is 14.6. The molecule has 0 saturated carbocycles. The number of benzene rings is 12. The van der Waals surface area contributed by atoms with Gasteiger partial charge in [-0.2, -0.15) is 0 Å². The van der Waals surface area contributed by atoms with E-state index in [2.05, 4.69) is 353 Å². The van der Waals surface area contributed by atoms with Crippen LogP contribution in [0.4, 0.5) is 0 Å². The van der Waals surface area contributed by atoms with Gasteiger partial charge in [-0.15, -0.1) is 0 Å². The highest BCUT2D eigenvalue weighted by molar-refractivity contribution is 5.98. The fourth-order valence-corrected chi connectivity index (χ4v) is 7.13. The molecule has 1 heterocycles. The summed E-state index contributed by atoms with van der Waals surface area (Å²) < 4.78 is 0. The molecule has 0 radical (unpaired) electrons. The molecule has 0 atom stereocenters. The predicted molar refractivity (Wildman–Crippen MR) is 706 cm³/mol. The summed E-state index contributed by atoms with van der Waals surface area (Å²) in [5.41, 5.74) is 6.35. The molecule has 146 heavy (non-hydrogen) atoms. The molecule has 1 heteroatoms. The first-order valence-electron chi connectivity index (χ1n) is 58.8. The van der Waals surface area contributed by atoms with Crippen molar-refractivity contribution in [2.45, 2.75) is 453 Å². The second kappa shape index (κ2) is 184. The standard InChI is InChI=1S/C14H10.C13H12.C12H10.C9H7N.4C6H6.8C5H12.16C2H6.CH4/c1-2-6-12-10-14-8-4-3-7-13(14)9-11(12)5-1;1-3-7-12(8-4-1)11-13-9-5-2-6-10-13;1-3-7-11(8-4-1)12-9-5-2-6-10-12;1-2-6-9-8(4-1)5-3-7-10-9;4*1-2-4-6-5-3-1;8*1-4-5(2)3;16*1-2;/h1-10H;1-10H,11H2;1-10H;1-7H;4*1-6H;8*5H,4H2,1-3H3;16*1-2H3;1H4.